The van der Waals surface area contributed by atoms with Gasteiger partial charge in [-0.1, -0.05) is 0 Å². The third-order valence-corrected chi connectivity index (χ3v) is 16.3. The summed E-state index contributed by atoms with van der Waals surface area (Å²) < 4.78 is 1.46. The van der Waals surface area contributed by atoms with Gasteiger partial charge in [-0.2, -0.15) is 0 Å². The van der Waals surface area contributed by atoms with E-state index in [1.54, 1.807) is 21.9 Å². The first-order chi connectivity index (χ1) is 14.6. The maximum atomic E-state index is 2.73. The van der Waals surface area contributed by atoms with Crippen LogP contribution < -0.4 is 24.8 Å². The molecule has 2 atom stereocenters. The zero-order valence-electron chi connectivity index (χ0n) is 18.0. The van der Waals surface area contributed by atoms with E-state index in [0.717, 1.165) is 3.63 Å². The van der Waals surface area contributed by atoms with E-state index in [0.29, 0.717) is 3.63 Å². The fraction of sp³-hybridized carbons (Fsp3) is 0.143. The van der Waals surface area contributed by atoms with Gasteiger partial charge in [0.1, 0.15) is 0 Å². The molecular weight excluding hydrogens is 527 g/mol. The second kappa shape index (κ2) is 7.81. The Morgan fingerprint density at radius 2 is 1.34 bits per heavy atom. The molecule has 1 heterocycles. The molecule has 2 unspecified atom stereocenters. The van der Waals surface area contributed by atoms with Crippen LogP contribution in [0.4, 0.5) is 0 Å². The monoisotopic (exact) mass is 546 g/mol. The minimum atomic E-state index is -1.75. The van der Waals surface area contributed by atoms with Gasteiger partial charge in [0.05, 0.1) is 0 Å². The zero-order valence-corrected chi connectivity index (χ0v) is 23.0. The number of benzene rings is 4. The summed E-state index contributed by atoms with van der Waals surface area (Å²) in [7, 11) is -1.75. The molecule has 156 valence electrons. The fourth-order valence-corrected chi connectivity index (χ4v) is 17.0. The van der Waals surface area contributed by atoms with Crippen LogP contribution in [0.5, 0.6) is 0 Å². The van der Waals surface area contributed by atoms with Crippen molar-refractivity contribution in [1.29, 1.82) is 0 Å². The summed E-state index contributed by atoms with van der Waals surface area (Å²) in [5.41, 5.74) is 6.42. The van der Waals surface area contributed by atoms with E-state index in [9.17, 15) is 0 Å². The number of fused-ring (bicyclic) bond motifs is 11. The first kappa shape index (κ1) is 22.4. The van der Waals surface area contributed by atoms with Gasteiger partial charge in [0.25, 0.3) is 0 Å². The molecule has 7 rings (SSSR count). The van der Waals surface area contributed by atoms with Crippen molar-refractivity contribution < 1.29 is 48.0 Å². The van der Waals surface area contributed by atoms with Crippen LogP contribution in [0.3, 0.4) is 0 Å². The first-order valence-electron chi connectivity index (χ1n) is 10.9. The van der Waals surface area contributed by atoms with Crippen molar-refractivity contribution in [3.05, 3.63) is 106 Å². The van der Waals surface area contributed by atoms with Crippen molar-refractivity contribution in [2.24, 2.45) is 0 Å². The van der Waals surface area contributed by atoms with Crippen LogP contribution in [0.15, 0.2) is 84.1 Å². The molecule has 4 aromatic rings. The van der Waals surface area contributed by atoms with Crippen LogP contribution in [0, 0.1) is 0 Å². The minimum Gasteiger partial charge on any atom is -1.00 e. The van der Waals surface area contributed by atoms with E-state index < -0.39 is 31.3 Å². The Morgan fingerprint density at radius 1 is 0.719 bits per heavy atom. The quantitative estimate of drug-likeness (QED) is 0.292. The van der Waals surface area contributed by atoms with Crippen molar-refractivity contribution in [2.75, 3.05) is 0 Å². The average molecular weight is 549 g/mol. The van der Waals surface area contributed by atoms with Crippen molar-refractivity contribution >= 4 is 40.9 Å². The van der Waals surface area contributed by atoms with Gasteiger partial charge in [0, 0.05) is 0 Å². The summed E-state index contributed by atoms with van der Waals surface area (Å²) >= 11 is -0.724. The summed E-state index contributed by atoms with van der Waals surface area (Å²) in [4.78, 5) is 0. The van der Waals surface area contributed by atoms with Crippen molar-refractivity contribution in [3.63, 3.8) is 0 Å². The van der Waals surface area contributed by atoms with E-state index >= 15 is 0 Å². The smallest absolute Gasteiger partial charge is 1.00 e. The maximum Gasteiger partial charge on any atom is -1.00 e. The molecule has 2 bridgehead atoms. The molecule has 2 aliphatic carbocycles. The Hall–Kier alpha value is -1.44. The number of allylic oxidation sites excluding steroid dienone is 2. The molecule has 0 saturated heterocycles. The Labute approximate surface area is 214 Å². The predicted octanol–water partition coefficient (Wildman–Crippen LogP) is 1.46. The molecule has 0 fully saturated rings. The van der Waals surface area contributed by atoms with Crippen molar-refractivity contribution in [2.45, 2.75) is 20.3 Å². The Morgan fingerprint density at radius 3 is 2.09 bits per heavy atom. The van der Waals surface area contributed by atoms with Crippen molar-refractivity contribution in [3.8, 4) is 0 Å². The number of rotatable bonds is 0. The molecular formula is C28H22Cl2SiZr. The predicted molar refractivity (Wildman–Crippen MR) is 127 cm³/mol. The van der Waals surface area contributed by atoms with Gasteiger partial charge < -0.3 is 24.8 Å². The largest absolute Gasteiger partial charge is 1.00 e. The molecule has 0 aromatic heterocycles. The molecule has 3 aliphatic rings. The number of hydrogen-bond acceptors (Lipinski definition) is 0. The van der Waals surface area contributed by atoms with Crippen LogP contribution in [0.2, 0.25) is 13.1 Å². The van der Waals surface area contributed by atoms with Crippen LogP contribution in [0.1, 0.15) is 29.5 Å². The zero-order chi connectivity index (χ0) is 20.0. The third-order valence-electron chi connectivity index (χ3n) is 7.57. The number of halogens is 2. The second-order valence-electron chi connectivity index (χ2n) is 9.42. The Balaban J connectivity index is 0.00000108. The van der Waals surface area contributed by atoms with E-state index in [-0.39, 0.29) is 24.8 Å². The van der Waals surface area contributed by atoms with Crippen LogP contribution >= 0.6 is 0 Å². The topological polar surface area (TPSA) is 0 Å². The van der Waals surface area contributed by atoms with E-state index in [4.69, 9.17) is 0 Å². The van der Waals surface area contributed by atoms with Gasteiger partial charge >= 0.3 is 191 Å². The molecule has 0 saturated carbocycles. The molecule has 4 aromatic carbocycles. The summed E-state index contributed by atoms with van der Waals surface area (Å²) in [6.45, 7) is 5.23. The van der Waals surface area contributed by atoms with Gasteiger partial charge in [-0.25, -0.2) is 0 Å². The van der Waals surface area contributed by atoms with E-state index in [2.05, 4.69) is 98.0 Å². The molecule has 1 aliphatic heterocycles. The summed E-state index contributed by atoms with van der Waals surface area (Å²) in [6, 6.07) is 27.6. The maximum absolute atomic E-state index is 2.73. The van der Waals surface area contributed by atoms with Gasteiger partial charge in [-0.15, -0.1) is 0 Å². The third kappa shape index (κ3) is 2.90. The molecule has 4 heteroatoms. The molecule has 0 amide bonds. The minimum absolute atomic E-state index is 0. The summed E-state index contributed by atoms with van der Waals surface area (Å²) in [5.74, 6) is 0. The van der Waals surface area contributed by atoms with Gasteiger partial charge in [-0.3, -0.25) is 0 Å². The Kier molecular flexibility index (Phi) is 5.46. The number of hydrogen-bond donors (Lipinski definition) is 0. The van der Waals surface area contributed by atoms with Gasteiger partial charge in [-0.05, 0) is 0 Å². The van der Waals surface area contributed by atoms with Crippen LogP contribution in [0.25, 0.3) is 32.8 Å². The van der Waals surface area contributed by atoms with E-state index in [1.807, 2.05) is 5.20 Å². The SMILES string of the molecule is C[Si]1(C)C2=C[CH]([Zr+2][CH]3C1=Cc1c3ccc3ccccc13)c1ccc3ccccc3c12.[Cl-].[Cl-]. The molecule has 0 radical (unpaired) electrons. The van der Waals surface area contributed by atoms with Crippen molar-refractivity contribution in [1.82, 2.24) is 0 Å². The molecule has 0 N–H and O–H groups in total. The summed E-state index contributed by atoms with van der Waals surface area (Å²) in [6.07, 6.45) is 5.37. The standard InChI is InChI=1S/C28H22Si.2ClH.Zr/c1-29(2,23-17-22-14-12-19-7-3-5-9-24(19)26(22)18-23)27-16-15-21-13-11-20-8-4-6-10-25(20)28(21)27;;;/h3-18H,1-2H3;2*1H;/q;;;+2/p-2. The summed E-state index contributed by atoms with van der Waals surface area (Å²) in [5, 5.41) is 9.22. The molecule has 0 nitrogen and oxygen atoms in total. The normalized spacial score (nSPS) is 20.9. The van der Waals surface area contributed by atoms with E-state index in [1.165, 1.54) is 27.1 Å². The Bertz CT molecular complexity index is 1470. The van der Waals surface area contributed by atoms with Crippen LogP contribution in [-0.4, -0.2) is 8.07 Å². The van der Waals surface area contributed by atoms with Crippen LogP contribution in [-0.2, 0) is 23.2 Å². The van der Waals surface area contributed by atoms with Gasteiger partial charge in [0.2, 0.25) is 0 Å². The average Bonchev–Trinajstić information content (AvgIpc) is 3.31. The molecule has 0 spiro atoms. The molecule has 32 heavy (non-hydrogen) atoms. The first-order valence-corrected chi connectivity index (χ1v) is 16.7. The fourth-order valence-electron chi connectivity index (χ4n) is 6.03. The van der Waals surface area contributed by atoms with Gasteiger partial charge in [0.15, 0.2) is 0 Å². The second-order valence-corrected chi connectivity index (χ2v) is 17.6.